The fourth-order valence-corrected chi connectivity index (χ4v) is 1.40. The van der Waals surface area contributed by atoms with Crippen molar-refractivity contribution in [1.29, 1.82) is 5.26 Å². The lowest BCUT2D eigenvalue weighted by Crippen LogP contribution is -2.26. The minimum absolute atomic E-state index is 0.148. The molecule has 0 aliphatic heterocycles. The molecule has 0 spiro atoms. The third-order valence-electron chi connectivity index (χ3n) is 2.48. The van der Waals surface area contributed by atoms with Gasteiger partial charge in [-0.1, -0.05) is 6.08 Å². The first-order valence-corrected chi connectivity index (χ1v) is 4.17. The first-order chi connectivity index (χ1) is 5.56. The number of nitrogens with zero attached hydrogens (tertiary/aromatic N) is 1. The van der Waals surface area contributed by atoms with Crippen LogP contribution >= 0.6 is 0 Å². The molecular formula is C10H13NO. The van der Waals surface area contributed by atoms with E-state index in [0.717, 1.165) is 6.42 Å². The molecule has 0 aromatic rings. The smallest absolute Gasteiger partial charge is 0.155 e. The number of hydrogen-bond acceptors (Lipinski definition) is 2. The second-order valence-electron chi connectivity index (χ2n) is 3.84. The van der Waals surface area contributed by atoms with Gasteiger partial charge in [-0.05, 0) is 32.3 Å². The van der Waals surface area contributed by atoms with Gasteiger partial charge in [0.1, 0.15) is 0 Å². The van der Waals surface area contributed by atoms with Crippen molar-refractivity contribution < 1.29 is 4.79 Å². The third kappa shape index (κ3) is 1.73. The van der Waals surface area contributed by atoms with Crippen LogP contribution in [0.25, 0.3) is 0 Å². The molecule has 0 N–H and O–H groups in total. The zero-order valence-corrected chi connectivity index (χ0v) is 7.50. The Labute approximate surface area is 72.9 Å². The molecule has 0 heterocycles. The van der Waals surface area contributed by atoms with Crippen LogP contribution in [0.1, 0.15) is 26.7 Å². The maximum atomic E-state index is 11.0. The molecule has 1 atom stereocenters. The average Bonchev–Trinajstić information content (AvgIpc) is 2.05. The van der Waals surface area contributed by atoms with Gasteiger partial charge in [0.25, 0.3) is 0 Å². The molecule has 12 heavy (non-hydrogen) atoms. The minimum Gasteiger partial charge on any atom is -0.295 e. The van der Waals surface area contributed by atoms with Gasteiger partial charge < -0.3 is 0 Å². The number of carbonyl (C=O) groups is 1. The van der Waals surface area contributed by atoms with Crippen LogP contribution in [-0.2, 0) is 4.79 Å². The van der Waals surface area contributed by atoms with Crippen molar-refractivity contribution in [2.75, 3.05) is 0 Å². The summed E-state index contributed by atoms with van der Waals surface area (Å²) >= 11 is 0. The summed E-state index contributed by atoms with van der Waals surface area (Å²) in [5, 5.41) is 8.85. The number of rotatable bonds is 1. The van der Waals surface area contributed by atoms with E-state index in [1.165, 1.54) is 0 Å². The number of nitriles is 1. The Morgan fingerprint density at radius 3 is 2.83 bits per heavy atom. The highest BCUT2D eigenvalue weighted by atomic mass is 16.1. The summed E-state index contributed by atoms with van der Waals surface area (Å²) in [5.74, 6) is 0.342. The van der Waals surface area contributed by atoms with Gasteiger partial charge in [-0.25, -0.2) is 0 Å². The first-order valence-electron chi connectivity index (χ1n) is 4.17. The van der Waals surface area contributed by atoms with E-state index in [-0.39, 0.29) is 17.1 Å². The molecule has 0 fully saturated rings. The molecule has 2 heteroatoms. The van der Waals surface area contributed by atoms with E-state index in [1.54, 1.807) is 6.08 Å². The summed E-state index contributed by atoms with van der Waals surface area (Å²) in [6, 6.07) is 2.25. The summed E-state index contributed by atoms with van der Waals surface area (Å²) in [7, 11) is 0. The van der Waals surface area contributed by atoms with Gasteiger partial charge in [0.2, 0.25) is 0 Å². The fraction of sp³-hybridized carbons (Fsp3) is 0.600. The van der Waals surface area contributed by atoms with E-state index in [9.17, 15) is 4.79 Å². The number of ketones is 1. The predicted molar refractivity (Wildman–Crippen MR) is 46.3 cm³/mol. The largest absolute Gasteiger partial charge is 0.295 e. The van der Waals surface area contributed by atoms with Gasteiger partial charge >= 0.3 is 0 Å². The minimum atomic E-state index is -0.375. The molecule has 0 unspecified atom stereocenters. The standard InChI is InChI=1S/C10H13NO/c1-10(2,7-11)8-4-3-5-9(12)6-8/h3,5,8H,4,6H2,1-2H3/t8-/m0/s1. The predicted octanol–water partition coefficient (Wildman–Crippen LogP) is 2.07. The Morgan fingerprint density at radius 2 is 2.33 bits per heavy atom. The zero-order chi connectivity index (χ0) is 9.19. The molecule has 1 aliphatic carbocycles. The van der Waals surface area contributed by atoms with Crippen LogP contribution in [0, 0.1) is 22.7 Å². The van der Waals surface area contributed by atoms with Crippen molar-refractivity contribution in [3.63, 3.8) is 0 Å². The van der Waals surface area contributed by atoms with Crippen molar-refractivity contribution in [3.8, 4) is 6.07 Å². The van der Waals surface area contributed by atoms with Crippen LogP contribution in [0.15, 0.2) is 12.2 Å². The molecule has 2 nitrogen and oxygen atoms in total. The SMILES string of the molecule is CC(C)(C#N)[C@H]1CC=CC(=O)C1. The van der Waals surface area contributed by atoms with Crippen molar-refractivity contribution in [3.05, 3.63) is 12.2 Å². The highest BCUT2D eigenvalue weighted by molar-refractivity contribution is 5.90. The van der Waals surface area contributed by atoms with E-state index in [2.05, 4.69) is 6.07 Å². The van der Waals surface area contributed by atoms with Crippen LogP contribution in [0.4, 0.5) is 0 Å². The number of carbonyl (C=O) groups excluding carboxylic acids is 1. The maximum absolute atomic E-state index is 11.0. The quantitative estimate of drug-likeness (QED) is 0.593. The normalized spacial score (nSPS) is 23.8. The highest BCUT2D eigenvalue weighted by Crippen LogP contribution is 2.33. The number of allylic oxidation sites excluding steroid dienone is 2. The summed E-state index contributed by atoms with van der Waals surface area (Å²) < 4.78 is 0. The van der Waals surface area contributed by atoms with Crippen LogP contribution in [0.5, 0.6) is 0 Å². The molecule has 0 amide bonds. The lowest BCUT2D eigenvalue weighted by Gasteiger charge is -2.27. The summed E-state index contributed by atoms with van der Waals surface area (Å²) in [6.07, 6.45) is 4.86. The Balaban J connectivity index is 2.74. The zero-order valence-electron chi connectivity index (χ0n) is 7.50. The lowest BCUT2D eigenvalue weighted by atomic mass is 9.74. The third-order valence-corrected chi connectivity index (χ3v) is 2.48. The Bertz CT molecular complexity index is 258. The molecular weight excluding hydrogens is 150 g/mol. The van der Waals surface area contributed by atoms with Gasteiger partial charge in [0, 0.05) is 6.42 Å². The molecule has 0 aromatic carbocycles. The van der Waals surface area contributed by atoms with E-state index >= 15 is 0 Å². The van der Waals surface area contributed by atoms with Crippen LogP contribution in [0.3, 0.4) is 0 Å². The summed E-state index contributed by atoms with van der Waals surface area (Å²) in [5.41, 5.74) is -0.375. The molecule has 64 valence electrons. The highest BCUT2D eigenvalue weighted by Gasteiger charge is 2.31. The van der Waals surface area contributed by atoms with E-state index in [4.69, 9.17) is 5.26 Å². The second-order valence-corrected chi connectivity index (χ2v) is 3.84. The van der Waals surface area contributed by atoms with Gasteiger partial charge in [-0.15, -0.1) is 0 Å². The van der Waals surface area contributed by atoms with E-state index < -0.39 is 0 Å². The second kappa shape index (κ2) is 3.10. The Hall–Kier alpha value is -1.10. The van der Waals surface area contributed by atoms with Gasteiger partial charge in [-0.3, -0.25) is 4.79 Å². The van der Waals surface area contributed by atoms with E-state index in [1.807, 2.05) is 19.9 Å². The molecule has 0 radical (unpaired) electrons. The summed E-state index contributed by atoms with van der Waals surface area (Å²) in [4.78, 5) is 11.0. The van der Waals surface area contributed by atoms with Gasteiger partial charge in [0.05, 0.1) is 11.5 Å². The fourth-order valence-electron chi connectivity index (χ4n) is 1.40. The molecule has 0 saturated carbocycles. The summed E-state index contributed by atoms with van der Waals surface area (Å²) in [6.45, 7) is 3.79. The number of hydrogen-bond donors (Lipinski definition) is 0. The van der Waals surface area contributed by atoms with Crippen molar-refractivity contribution in [2.45, 2.75) is 26.7 Å². The monoisotopic (exact) mass is 163 g/mol. The Kier molecular flexibility index (Phi) is 2.32. The van der Waals surface area contributed by atoms with Crippen LogP contribution in [0.2, 0.25) is 0 Å². The molecule has 0 saturated heterocycles. The topological polar surface area (TPSA) is 40.9 Å². The van der Waals surface area contributed by atoms with Gasteiger partial charge in [0.15, 0.2) is 5.78 Å². The molecule has 1 aliphatic rings. The average molecular weight is 163 g/mol. The van der Waals surface area contributed by atoms with Crippen molar-refractivity contribution in [1.82, 2.24) is 0 Å². The first kappa shape index (κ1) is 8.99. The van der Waals surface area contributed by atoms with E-state index in [0.29, 0.717) is 6.42 Å². The van der Waals surface area contributed by atoms with Crippen LogP contribution in [-0.4, -0.2) is 5.78 Å². The van der Waals surface area contributed by atoms with Crippen molar-refractivity contribution in [2.24, 2.45) is 11.3 Å². The molecule has 0 aromatic heterocycles. The molecule has 0 bridgehead atoms. The maximum Gasteiger partial charge on any atom is 0.155 e. The molecule has 1 rings (SSSR count). The Morgan fingerprint density at radius 1 is 1.67 bits per heavy atom. The lowest BCUT2D eigenvalue weighted by molar-refractivity contribution is -0.116. The van der Waals surface area contributed by atoms with Gasteiger partial charge in [-0.2, -0.15) is 5.26 Å². The van der Waals surface area contributed by atoms with Crippen molar-refractivity contribution >= 4 is 5.78 Å². The van der Waals surface area contributed by atoms with Crippen LogP contribution < -0.4 is 0 Å².